The van der Waals surface area contributed by atoms with Crippen LogP contribution in [0.2, 0.25) is 0 Å². The summed E-state index contributed by atoms with van der Waals surface area (Å²) in [5.74, 6) is 0.232. The molecule has 4 aliphatic rings. The van der Waals surface area contributed by atoms with Crippen LogP contribution in [0.1, 0.15) is 74.7 Å². The van der Waals surface area contributed by atoms with Crippen molar-refractivity contribution in [2.45, 2.75) is 37.5 Å². The van der Waals surface area contributed by atoms with Crippen LogP contribution in [0.15, 0.2) is 175 Å². The molecule has 0 spiro atoms. The van der Waals surface area contributed by atoms with Gasteiger partial charge in [-0.2, -0.15) is 0 Å². The Balaban J connectivity index is 1.41. The molecule has 7 aromatic carbocycles. The van der Waals surface area contributed by atoms with Gasteiger partial charge in [0.15, 0.2) is 0 Å². The lowest BCUT2D eigenvalue weighted by Crippen LogP contribution is -2.61. The fourth-order valence-corrected chi connectivity index (χ4v) is 8.68. The van der Waals surface area contributed by atoms with Gasteiger partial charge in [-0.25, -0.2) is 0 Å². The molecule has 254 valence electrons. The number of hydrogen-bond donors (Lipinski definition) is 0. The van der Waals surface area contributed by atoms with E-state index in [1.54, 1.807) is 12.1 Å². The van der Waals surface area contributed by atoms with Crippen molar-refractivity contribution in [3.8, 4) is 0 Å². The molecule has 0 saturated heterocycles. The largest absolute Gasteiger partial charge is 0.311 e. The summed E-state index contributed by atoms with van der Waals surface area (Å²) in [5, 5.41) is 0. The fraction of sp³-hybridized carbons (Fsp3) is 0.143. The molecule has 2 saturated carbocycles. The van der Waals surface area contributed by atoms with Gasteiger partial charge < -0.3 is 14.7 Å². The third-order valence-electron chi connectivity index (χ3n) is 10.9. The van der Waals surface area contributed by atoms with E-state index in [0.717, 1.165) is 22.6 Å². The molecule has 11 rings (SSSR count). The minimum absolute atomic E-state index is 0.102. The van der Waals surface area contributed by atoms with Crippen molar-refractivity contribution < 1.29 is 37.0 Å². The Morgan fingerprint density at radius 1 is 0.528 bits per heavy atom. The summed E-state index contributed by atoms with van der Waals surface area (Å²) in [6, 6.07) is -21.9. The van der Waals surface area contributed by atoms with E-state index < -0.39 is 226 Å². The van der Waals surface area contributed by atoms with Gasteiger partial charge in [0.1, 0.15) is 0 Å². The predicted octanol–water partition coefficient (Wildman–Crippen LogP) is 11.1. The van der Waals surface area contributed by atoms with Crippen LogP contribution >= 0.6 is 0 Å². The summed E-state index contributed by atoms with van der Waals surface area (Å²) < 4.78 is 247. The van der Waals surface area contributed by atoms with Gasteiger partial charge in [0.05, 0.1) is 37.0 Å². The van der Waals surface area contributed by atoms with Crippen molar-refractivity contribution in [3.63, 3.8) is 0 Å². The number of nitrogens with zero attached hydrogens (tertiary/aromatic N) is 3. The highest BCUT2D eigenvalue weighted by Crippen LogP contribution is 2.57. The van der Waals surface area contributed by atoms with Gasteiger partial charge in [-0.15, -0.1) is 0 Å². The fourth-order valence-electron chi connectivity index (χ4n) is 8.68. The second-order valence-corrected chi connectivity index (χ2v) is 13.4. The molecule has 2 bridgehead atoms. The van der Waals surface area contributed by atoms with Gasteiger partial charge in [-0.1, -0.05) is 96.7 Å². The molecule has 0 atom stereocenters. The molecule has 0 aromatic heterocycles. The van der Waals surface area contributed by atoms with Crippen LogP contribution in [-0.2, 0) is 5.41 Å². The van der Waals surface area contributed by atoms with Crippen molar-refractivity contribution in [2.75, 3.05) is 14.7 Å². The van der Waals surface area contributed by atoms with E-state index in [2.05, 4.69) is 0 Å². The Morgan fingerprint density at radius 2 is 1.04 bits per heavy atom. The highest BCUT2D eigenvalue weighted by atomic mass is 15.2. The number of para-hydroxylation sites is 5. The highest BCUT2D eigenvalue weighted by molar-refractivity contribution is 7.00. The predicted molar refractivity (Wildman–Crippen MR) is 223 cm³/mol. The summed E-state index contributed by atoms with van der Waals surface area (Å²) in [4.78, 5) is 2.63. The molecule has 0 unspecified atom stereocenters. The number of hydrogen-bond acceptors (Lipinski definition) is 3. The lowest BCUT2D eigenvalue weighted by Gasteiger charge is -2.45. The quantitative estimate of drug-likeness (QED) is 0.159. The monoisotopic (exact) mass is 709 g/mol. The molecule has 2 fully saturated rings. The molecule has 7 aromatic rings. The van der Waals surface area contributed by atoms with Gasteiger partial charge in [0, 0.05) is 51.2 Å². The van der Waals surface area contributed by atoms with Crippen LogP contribution < -0.4 is 31.1 Å². The van der Waals surface area contributed by atoms with E-state index in [9.17, 15) is 17.8 Å². The number of fused-ring (bicyclic) bond motifs is 6. The molecule has 0 radical (unpaired) electrons. The lowest BCUT2D eigenvalue weighted by molar-refractivity contribution is 0.419. The third kappa shape index (κ3) is 4.75. The van der Waals surface area contributed by atoms with Crippen LogP contribution in [0.25, 0.3) is 0 Å². The molecule has 4 heteroatoms. The summed E-state index contributed by atoms with van der Waals surface area (Å²) in [6.07, 6.45) is 3.27. The second kappa shape index (κ2) is 12.0. The summed E-state index contributed by atoms with van der Waals surface area (Å²) in [7, 11) is 0. The standard InChI is InChI=1S/C49H40BN3/c1-5-15-37(16-6-1)51(38-17-7-2-8-18-38)41-25-26-43-45(33-41)53(40-21-11-4-12-22-40)47-32-36(49-29-27-35(34-49)28-30-49)31-46-48(47)50(43)42-23-13-14-24-44(42)52(46)39-19-9-3-10-20-39/h1-26,31-33,35H,27-30,34H2/i1D,2D,3D,4D,5D,6D,7D,8D,9D,10D,11D,12D,13D,14D,15D,16D,17D,18D,19D,20D,21D,22D,23D,24D,25D,26D,33D. The number of anilines is 9. The molecule has 0 amide bonds. The van der Waals surface area contributed by atoms with Crippen molar-refractivity contribution in [3.05, 3.63) is 181 Å². The van der Waals surface area contributed by atoms with E-state index in [0.29, 0.717) is 29.7 Å². The topological polar surface area (TPSA) is 9.72 Å². The third-order valence-corrected chi connectivity index (χ3v) is 10.9. The first-order valence-electron chi connectivity index (χ1n) is 30.6. The minimum atomic E-state index is -1.77. The maximum atomic E-state index is 10.6. The first kappa shape index (κ1) is 14.1. The average molecular weight is 709 g/mol. The van der Waals surface area contributed by atoms with Crippen molar-refractivity contribution in [1.29, 1.82) is 0 Å². The van der Waals surface area contributed by atoms with Gasteiger partial charge >= 0.3 is 0 Å². The Bertz CT molecular complexity index is 3840. The minimum Gasteiger partial charge on any atom is -0.311 e. The Hall–Kier alpha value is -6.00. The number of benzene rings is 7. The molecule has 0 N–H and O–H groups in total. The summed E-state index contributed by atoms with van der Waals surface area (Å²) in [6.45, 7) is -1.77. The first-order valence-corrected chi connectivity index (χ1v) is 17.1. The van der Waals surface area contributed by atoms with E-state index in [4.69, 9.17) is 19.2 Å². The Morgan fingerprint density at radius 3 is 1.60 bits per heavy atom. The molecule has 2 heterocycles. The summed E-state index contributed by atoms with van der Waals surface area (Å²) in [5.41, 5.74) is -6.88. The zero-order valence-corrected chi connectivity index (χ0v) is 27.7. The first-order chi connectivity index (χ1) is 37.5. The van der Waals surface area contributed by atoms with Crippen LogP contribution in [0, 0.1) is 5.92 Å². The van der Waals surface area contributed by atoms with E-state index in [1.165, 1.54) is 0 Å². The summed E-state index contributed by atoms with van der Waals surface area (Å²) >= 11 is 0. The van der Waals surface area contributed by atoms with Gasteiger partial charge in [-0.05, 0) is 144 Å². The second-order valence-electron chi connectivity index (χ2n) is 13.4. The molecule has 2 aliphatic carbocycles. The molecule has 2 aliphatic heterocycles. The highest BCUT2D eigenvalue weighted by Gasteiger charge is 2.49. The molecular weight excluding hydrogens is 641 g/mol. The smallest absolute Gasteiger partial charge is 0.252 e. The van der Waals surface area contributed by atoms with E-state index >= 15 is 0 Å². The maximum Gasteiger partial charge on any atom is 0.252 e. The van der Waals surface area contributed by atoms with Gasteiger partial charge in [0.25, 0.3) is 6.71 Å². The van der Waals surface area contributed by atoms with Crippen molar-refractivity contribution >= 4 is 74.3 Å². The van der Waals surface area contributed by atoms with Crippen molar-refractivity contribution in [2.24, 2.45) is 5.92 Å². The van der Waals surface area contributed by atoms with Crippen LogP contribution in [-0.4, -0.2) is 6.71 Å². The average Bonchev–Trinajstić information content (AvgIpc) is 3.41. The molecule has 53 heavy (non-hydrogen) atoms. The van der Waals surface area contributed by atoms with Crippen LogP contribution in [0.5, 0.6) is 0 Å². The van der Waals surface area contributed by atoms with Crippen LogP contribution in [0.4, 0.5) is 51.2 Å². The van der Waals surface area contributed by atoms with Gasteiger partial charge in [-0.3, -0.25) is 0 Å². The van der Waals surface area contributed by atoms with E-state index in [1.807, 2.05) is 0 Å². The molecule has 3 nitrogen and oxygen atoms in total. The molecular formula is C49H40BN3. The Kier molecular flexibility index (Phi) is 3.20. The zero-order valence-electron chi connectivity index (χ0n) is 54.7. The SMILES string of the molecule is [2H]c1c([2H])c([2H])c(N2c3cc(C45CCC(CC4)C5)cc4c3B(c3c([2H])c([2H])c([2H])c([2H])c32)c2c([2H])c([2H])c(N(c3c([2H])c([2H])c([2H])c([2H])c3[2H])c3c([2H])c([2H])c([2H])c([2H])c3[2H])c([2H])c2N4c2c([2H])c([2H])c([2H])c([2H])c2[2H])c([2H])c1[2H]. The maximum absolute atomic E-state index is 10.6. The van der Waals surface area contributed by atoms with Gasteiger partial charge in [0.2, 0.25) is 0 Å². The van der Waals surface area contributed by atoms with E-state index in [-0.39, 0.29) is 22.8 Å². The zero-order chi connectivity index (χ0) is 58.4. The Labute approximate surface area is 350 Å². The van der Waals surface area contributed by atoms with Crippen molar-refractivity contribution in [1.82, 2.24) is 0 Å². The number of rotatable bonds is 6. The normalized spacial score (nSPS) is 26.2. The lowest BCUT2D eigenvalue weighted by atomic mass is 9.33. The van der Waals surface area contributed by atoms with Crippen LogP contribution in [0.3, 0.4) is 0 Å².